The second-order valence-electron chi connectivity index (χ2n) is 3.09. The van der Waals surface area contributed by atoms with Crippen LogP contribution in [0.2, 0.25) is 0 Å². The Morgan fingerprint density at radius 3 is 2.50 bits per heavy atom. The lowest BCUT2D eigenvalue weighted by atomic mass is 10.1. The molecule has 0 heterocycles. The van der Waals surface area contributed by atoms with Crippen LogP contribution < -0.4 is 0 Å². The zero-order chi connectivity index (χ0) is 12.2. The SMILES string of the molecule is Fc1ccc(SC(F)(F)F)cc1CCCBr. The first-order valence-electron chi connectivity index (χ1n) is 4.52. The van der Waals surface area contributed by atoms with Crippen molar-refractivity contribution in [2.45, 2.75) is 23.2 Å². The van der Waals surface area contributed by atoms with Gasteiger partial charge in [-0.1, -0.05) is 15.9 Å². The van der Waals surface area contributed by atoms with Crippen molar-refractivity contribution in [3.8, 4) is 0 Å². The fourth-order valence-electron chi connectivity index (χ4n) is 1.20. The fraction of sp³-hybridized carbons (Fsp3) is 0.400. The van der Waals surface area contributed by atoms with Gasteiger partial charge in [-0.05, 0) is 48.4 Å². The zero-order valence-corrected chi connectivity index (χ0v) is 10.6. The molecule has 0 fully saturated rings. The van der Waals surface area contributed by atoms with Gasteiger partial charge in [-0.15, -0.1) is 0 Å². The van der Waals surface area contributed by atoms with E-state index in [-0.39, 0.29) is 16.7 Å². The third-order valence-corrected chi connectivity index (χ3v) is 3.11. The van der Waals surface area contributed by atoms with Crippen molar-refractivity contribution in [2.75, 3.05) is 5.33 Å². The molecule has 1 rings (SSSR count). The third-order valence-electron chi connectivity index (χ3n) is 1.83. The first-order valence-corrected chi connectivity index (χ1v) is 6.46. The van der Waals surface area contributed by atoms with Crippen LogP contribution >= 0.6 is 27.7 Å². The van der Waals surface area contributed by atoms with Crippen molar-refractivity contribution in [3.63, 3.8) is 0 Å². The molecular formula is C10H9BrF4S. The Hall–Kier alpha value is -0.230. The van der Waals surface area contributed by atoms with Gasteiger partial charge < -0.3 is 0 Å². The molecule has 0 aliphatic rings. The lowest BCUT2D eigenvalue weighted by Gasteiger charge is -2.08. The Balaban J connectivity index is 2.81. The van der Waals surface area contributed by atoms with Gasteiger partial charge in [-0.2, -0.15) is 13.2 Å². The molecule has 0 aliphatic heterocycles. The molecule has 1 aromatic carbocycles. The number of thioether (sulfide) groups is 1. The first kappa shape index (κ1) is 13.8. The van der Waals surface area contributed by atoms with E-state index >= 15 is 0 Å². The standard InChI is InChI=1S/C10H9BrF4S/c11-5-1-2-7-6-8(3-4-9(7)12)16-10(13,14)15/h3-4,6H,1-2,5H2. The van der Waals surface area contributed by atoms with Gasteiger partial charge in [0.05, 0.1) is 0 Å². The van der Waals surface area contributed by atoms with E-state index in [9.17, 15) is 17.6 Å². The molecule has 0 amide bonds. The van der Waals surface area contributed by atoms with Crippen LogP contribution in [-0.4, -0.2) is 10.8 Å². The monoisotopic (exact) mass is 316 g/mol. The molecular weight excluding hydrogens is 308 g/mol. The van der Waals surface area contributed by atoms with Crippen LogP contribution in [0.25, 0.3) is 0 Å². The van der Waals surface area contributed by atoms with E-state index in [0.717, 1.165) is 12.1 Å². The van der Waals surface area contributed by atoms with Crippen molar-refractivity contribution in [1.29, 1.82) is 0 Å². The molecule has 16 heavy (non-hydrogen) atoms. The Bertz CT molecular complexity index is 351. The number of alkyl halides is 4. The van der Waals surface area contributed by atoms with E-state index in [1.54, 1.807) is 0 Å². The summed E-state index contributed by atoms with van der Waals surface area (Å²) in [6.45, 7) is 0. The molecule has 0 saturated carbocycles. The summed E-state index contributed by atoms with van der Waals surface area (Å²) >= 11 is 2.97. The van der Waals surface area contributed by atoms with E-state index in [1.165, 1.54) is 6.07 Å². The molecule has 90 valence electrons. The van der Waals surface area contributed by atoms with Crippen molar-refractivity contribution in [2.24, 2.45) is 0 Å². The minimum absolute atomic E-state index is 0.0264. The zero-order valence-electron chi connectivity index (χ0n) is 8.15. The van der Waals surface area contributed by atoms with Gasteiger partial charge in [-0.3, -0.25) is 0 Å². The number of benzene rings is 1. The summed E-state index contributed by atoms with van der Waals surface area (Å²) < 4.78 is 49.5. The Morgan fingerprint density at radius 2 is 1.94 bits per heavy atom. The van der Waals surface area contributed by atoms with Gasteiger partial charge >= 0.3 is 5.51 Å². The average Bonchev–Trinajstić information content (AvgIpc) is 2.17. The molecule has 0 unspecified atom stereocenters. The Morgan fingerprint density at radius 1 is 1.25 bits per heavy atom. The molecule has 0 saturated heterocycles. The van der Waals surface area contributed by atoms with Crippen LogP contribution in [0.15, 0.2) is 23.1 Å². The summed E-state index contributed by atoms with van der Waals surface area (Å²) in [5, 5.41) is 0.698. The second-order valence-corrected chi connectivity index (χ2v) is 5.02. The van der Waals surface area contributed by atoms with Crippen LogP contribution in [0.1, 0.15) is 12.0 Å². The highest BCUT2D eigenvalue weighted by Gasteiger charge is 2.29. The second kappa shape index (κ2) is 5.91. The number of hydrogen-bond acceptors (Lipinski definition) is 1. The van der Waals surface area contributed by atoms with Crippen LogP contribution in [0.3, 0.4) is 0 Å². The van der Waals surface area contributed by atoms with E-state index in [0.29, 0.717) is 23.7 Å². The maximum atomic E-state index is 13.2. The molecule has 0 aliphatic carbocycles. The molecule has 0 radical (unpaired) electrons. The molecule has 0 spiro atoms. The summed E-state index contributed by atoms with van der Waals surface area (Å²) in [6, 6.07) is 3.49. The molecule has 6 heteroatoms. The minimum atomic E-state index is -4.33. The molecule has 1 aromatic rings. The number of hydrogen-bond donors (Lipinski definition) is 0. The molecule has 0 bridgehead atoms. The first-order chi connectivity index (χ1) is 7.42. The maximum absolute atomic E-state index is 13.2. The molecule has 0 aromatic heterocycles. The number of halogens is 5. The van der Waals surface area contributed by atoms with Crippen LogP contribution in [0, 0.1) is 5.82 Å². The highest BCUT2D eigenvalue weighted by Crippen LogP contribution is 2.37. The third kappa shape index (κ3) is 4.74. The molecule has 0 atom stereocenters. The summed E-state index contributed by atoms with van der Waals surface area (Å²) in [4.78, 5) is 0.0264. The lowest BCUT2D eigenvalue weighted by molar-refractivity contribution is -0.0328. The quantitative estimate of drug-likeness (QED) is 0.438. The maximum Gasteiger partial charge on any atom is 0.446 e. The predicted molar refractivity (Wildman–Crippen MR) is 60.4 cm³/mol. The van der Waals surface area contributed by atoms with Crippen molar-refractivity contribution in [3.05, 3.63) is 29.6 Å². The van der Waals surface area contributed by atoms with E-state index in [2.05, 4.69) is 15.9 Å². The normalized spacial score (nSPS) is 11.8. The van der Waals surface area contributed by atoms with E-state index in [1.807, 2.05) is 0 Å². The average molecular weight is 317 g/mol. The molecule has 0 N–H and O–H groups in total. The summed E-state index contributed by atoms with van der Waals surface area (Å²) in [7, 11) is 0. The summed E-state index contributed by atoms with van der Waals surface area (Å²) in [5.74, 6) is -0.451. The van der Waals surface area contributed by atoms with Gasteiger partial charge in [0, 0.05) is 10.2 Å². The Labute approximate surface area is 104 Å². The van der Waals surface area contributed by atoms with Crippen molar-refractivity contribution < 1.29 is 17.6 Å². The number of aryl methyl sites for hydroxylation is 1. The summed E-state index contributed by atoms with van der Waals surface area (Å²) in [5.41, 5.74) is -4.00. The lowest BCUT2D eigenvalue weighted by Crippen LogP contribution is -2.00. The highest BCUT2D eigenvalue weighted by atomic mass is 79.9. The van der Waals surface area contributed by atoms with Gasteiger partial charge in [0.25, 0.3) is 0 Å². The van der Waals surface area contributed by atoms with Crippen LogP contribution in [0.5, 0.6) is 0 Å². The predicted octanol–water partition coefficient (Wildman–Crippen LogP) is 4.77. The van der Waals surface area contributed by atoms with E-state index in [4.69, 9.17) is 0 Å². The Kier molecular flexibility index (Phi) is 5.11. The minimum Gasteiger partial charge on any atom is -0.207 e. The van der Waals surface area contributed by atoms with Gasteiger partial charge in [0.2, 0.25) is 0 Å². The van der Waals surface area contributed by atoms with Crippen molar-refractivity contribution >= 4 is 27.7 Å². The van der Waals surface area contributed by atoms with Crippen LogP contribution in [0.4, 0.5) is 17.6 Å². The fourth-order valence-corrected chi connectivity index (χ4v) is 2.08. The topological polar surface area (TPSA) is 0 Å². The smallest absolute Gasteiger partial charge is 0.207 e. The highest BCUT2D eigenvalue weighted by molar-refractivity contribution is 9.09. The largest absolute Gasteiger partial charge is 0.446 e. The van der Waals surface area contributed by atoms with Crippen LogP contribution in [-0.2, 0) is 6.42 Å². The van der Waals surface area contributed by atoms with Gasteiger partial charge in [0.15, 0.2) is 0 Å². The number of rotatable bonds is 4. The van der Waals surface area contributed by atoms with Crippen molar-refractivity contribution in [1.82, 2.24) is 0 Å². The van der Waals surface area contributed by atoms with Gasteiger partial charge in [-0.25, -0.2) is 4.39 Å². The van der Waals surface area contributed by atoms with Gasteiger partial charge in [0.1, 0.15) is 5.82 Å². The summed E-state index contributed by atoms with van der Waals surface area (Å²) in [6.07, 6.45) is 1.13. The molecule has 0 nitrogen and oxygen atoms in total. The van der Waals surface area contributed by atoms with E-state index < -0.39 is 11.3 Å².